The van der Waals surface area contributed by atoms with E-state index in [2.05, 4.69) is 10.3 Å². The predicted octanol–water partition coefficient (Wildman–Crippen LogP) is 2.87. The largest absolute Gasteiger partial charge is 0.455 e. The lowest BCUT2D eigenvalue weighted by molar-refractivity contribution is -0.147. The molecule has 0 aliphatic carbocycles. The number of thiazole rings is 1. The van der Waals surface area contributed by atoms with E-state index >= 15 is 0 Å². The number of nitrogens with zero attached hydrogens (tertiary/aromatic N) is 1. The lowest BCUT2D eigenvalue weighted by Gasteiger charge is -2.05. The van der Waals surface area contributed by atoms with E-state index in [1.165, 1.54) is 11.3 Å². The van der Waals surface area contributed by atoms with E-state index in [1.807, 2.05) is 29.1 Å². The van der Waals surface area contributed by atoms with Crippen molar-refractivity contribution in [2.24, 2.45) is 0 Å². The topological polar surface area (TPSA) is 68.3 Å². The van der Waals surface area contributed by atoms with E-state index in [4.69, 9.17) is 4.74 Å². The number of esters is 1. The van der Waals surface area contributed by atoms with E-state index < -0.39 is 5.97 Å². The number of nitrogens with one attached hydrogen (secondary N) is 1. The molecule has 0 bridgehead atoms. The lowest BCUT2D eigenvalue weighted by atomic mass is 10.3. The Hall–Kier alpha value is -1.73. The molecule has 0 saturated carbocycles. The van der Waals surface area contributed by atoms with Crippen molar-refractivity contribution in [3.8, 4) is 10.6 Å². The summed E-state index contributed by atoms with van der Waals surface area (Å²) in [5.41, 5.74) is 1.73. The molecule has 5 nitrogen and oxygen atoms in total. The van der Waals surface area contributed by atoms with Gasteiger partial charge in [0, 0.05) is 22.9 Å². The molecule has 2 aromatic rings. The van der Waals surface area contributed by atoms with Crippen molar-refractivity contribution >= 4 is 34.6 Å². The van der Waals surface area contributed by atoms with E-state index in [-0.39, 0.29) is 18.9 Å². The normalized spacial score (nSPS) is 10.4. The molecule has 22 heavy (non-hydrogen) atoms. The first-order chi connectivity index (χ1) is 10.7. The molecule has 0 fully saturated rings. The second kappa shape index (κ2) is 8.65. The standard InChI is InChI=1S/C15H18N2O3S2/c1-2-3-5-16-13(18)8-20-14(19)7-12-10-22-15(17-12)11-4-6-21-9-11/h4,6,9-10H,2-3,5,7-8H2,1H3,(H,16,18). The van der Waals surface area contributed by atoms with Crippen LogP contribution in [0.25, 0.3) is 10.6 Å². The van der Waals surface area contributed by atoms with Crippen molar-refractivity contribution < 1.29 is 14.3 Å². The van der Waals surface area contributed by atoms with Crippen molar-refractivity contribution in [1.82, 2.24) is 10.3 Å². The fourth-order valence-corrected chi connectivity index (χ4v) is 3.24. The molecule has 0 atom stereocenters. The summed E-state index contributed by atoms with van der Waals surface area (Å²) in [6.45, 7) is 2.43. The molecule has 0 aromatic carbocycles. The van der Waals surface area contributed by atoms with Crippen LogP contribution in [-0.2, 0) is 20.7 Å². The molecule has 118 valence electrons. The number of hydrogen-bond donors (Lipinski definition) is 1. The summed E-state index contributed by atoms with van der Waals surface area (Å²) in [6, 6.07) is 1.99. The van der Waals surface area contributed by atoms with Crippen LogP contribution in [0.5, 0.6) is 0 Å². The van der Waals surface area contributed by atoms with E-state index in [9.17, 15) is 9.59 Å². The molecular weight excluding hydrogens is 320 g/mol. The summed E-state index contributed by atoms with van der Waals surface area (Å²) >= 11 is 3.10. The Labute approximate surface area is 137 Å². The third-order valence-electron chi connectivity index (χ3n) is 2.86. The highest BCUT2D eigenvalue weighted by Crippen LogP contribution is 2.25. The first-order valence-corrected chi connectivity index (χ1v) is 8.90. The van der Waals surface area contributed by atoms with Crippen LogP contribution in [0.15, 0.2) is 22.2 Å². The fourth-order valence-electron chi connectivity index (χ4n) is 1.71. The maximum atomic E-state index is 11.7. The molecule has 0 aliphatic heterocycles. The zero-order chi connectivity index (χ0) is 15.8. The minimum atomic E-state index is -0.437. The van der Waals surface area contributed by atoms with Crippen LogP contribution in [0, 0.1) is 0 Å². The molecule has 0 aliphatic rings. The van der Waals surface area contributed by atoms with Crippen molar-refractivity contribution in [1.29, 1.82) is 0 Å². The zero-order valence-electron chi connectivity index (χ0n) is 12.3. The highest BCUT2D eigenvalue weighted by Gasteiger charge is 2.12. The van der Waals surface area contributed by atoms with Crippen molar-refractivity contribution in [2.45, 2.75) is 26.2 Å². The third-order valence-corrected chi connectivity index (χ3v) is 4.49. The molecule has 2 heterocycles. The van der Waals surface area contributed by atoms with Gasteiger partial charge in [-0.3, -0.25) is 9.59 Å². The molecule has 1 N–H and O–H groups in total. The van der Waals surface area contributed by atoms with Gasteiger partial charge in [0.2, 0.25) is 0 Å². The van der Waals surface area contributed by atoms with Crippen LogP contribution in [-0.4, -0.2) is 30.0 Å². The number of amides is 1. The van der Waals surface area contributed by atoms with Gasteiger partial charge < -0.3 is 10.1 Å². The smallest absolute Gasteiger partial charge is 0.312 e. The SMILES string of the molecule is CCCCNC(=O)COC(=O)Cc1csc(-c2ccsc2)n1. The quantitative estimate of drug-likeness (QED) is 0.593. The Bertz CT molecular complexity index is 608. The maximum Gasteiger partial charge on any atom is 0.312 e. The number of unbranched alkanes of at least 4 members (excludes halogenated alkanes) is 1. The fraction of sp³-hybridized carbons (Fsp3) is 0.400. The van der Waals surface area contributed by atoms with Gasteiger partial charge in [-0.05, 0) is 17.9 Å². The van der Waals surface area contributed by atoms with Crippen LogP contribution in [0.3, 0.4) is 0 Å². The van der Waals surface area contributed by atoms with Gasteiger partial charge in [0.1, 0.15) is 5.01 Å². The monoisotopic (exact) mass is 338 g/mol. The summed E-state index contributed by atoms with van der Waals surface area (Å²) < 4.78 is 4.95. The first kappa shape index (κ1) is 16.6. The van der Waals surface area contributed by atoms with Crippen LogP contribution in [0.4, 0.5) is 0 Å². The van der Waals surface area contributed by atoms with Gasteiger partial charge in [0.25, 0.3) is 5.91 Å². The van der Waals surface area contributed by atoms with Crippen molar-refractivity contribution in [2.75, 3.05) is 13.2 Å². The average molecular weight is 338 g/mol. The Morgan fingerprint density at radius 1 is 1.36 bits per heavy atom. The number of ether oxygens (including phenoxy) is 1. The second-order valence-corrected chi connectivity index (χ2v) is 6.34. The second-order valence-electron chi connectivity index (χ2n) is 4.70. The minimum Gasteiger partial charge on any atom is -0.455 e. The molecular formula is C15H18N2O3S2. The van der Waals surface area contributed by atoms with E-state index in [0.29, 0.717) is 12.2 Å². The van der Waals surface area contributed by atoms with Gasteiger partial charge in [-0.25, -0.2) is 4.98 Å². The molecule has 0 unspecified atom stereocenters. The average Bonchev–Trinajstić information content (AvgIpc) is 3.16. The Morgan fingerprint density at radius 2 is 2.23 bits per heavy atom. The minimum absolute atomic E-state index is 0.0862. The van der Waals surface area contributed by atoms with Gasteiger partial charge >= 0.3 is 5.97 Å². The number of thiophene rings is 1. The highest BCUT2D eigenvalue weighted by atomic mass is 32.1. The first-order valence-electron chi connectivity index (χ1n) is 7.08. The van der Waals surface area contributed by atoms with Crippen LogP contribution >= 0.6 is 22.7 Å². The van der Waals surface area contributed by atoms with Gasteiger partial charge in [-0.2, -0.15) is 11.3 Å². The molecule has 2 aromatic heterocycles. The number of carbonyl (C=O) groups is 2. The van der Waals surface area contributed by atoms with Gasteiger partial charge in [0.05, 0.1) is 12.1 Å². The number of hydrogen-bond acceptors (Lipinski definition) is 6. The van der Waals surface area contributed by atoms with Gasteiger partial charge in [-0.1, -0.05) is 13.3 Å². The Balaban J connectivity index is 1.74. The zero-order valence-corrected chi connectivity index (χ0v) is 14.0. The number of rotatable bonds is 8. The molecule has 7 heteroatoms. The Morgan fingerprint density at radius 3 is 2.95 bits per heavy atom. The van der Waals surface area contributed by atoms with Crippen LogP contribution in [0.2, 0.25) is 0 Å². The third kappa shape index (κ3) is 5.23. The molecule has 0 radical (unpaired) electrons. The van der Waals surface area contributed by atoms with Crippen molar-refractivity contribution in [3.63, 3.8) is 0 Å². The van der Waals surface area contributed by atoms with Crippen LogP contribution < -0.4 is 5.32 Å². The Kier molecular flexibility index (Phi) is 6.54. The van der Waals surface area contributed by atoms with Gasteiger partial charge in [0.15, 0.2) is 6.61 Å². The summed E-state index contributed by atoms with van der Waals surface area (Å²) in [5, 5.41) is 9.43. The van der Waals surface area contributed by atoms with E-state index in [1.54, 1.807) is 11.3 Å². The molecule has 0 saturated heterocycles. The lowest BCUT2D eigenvalue weighted by Crippen LogP contribution is -2.29. The molecule has 2 rings (SSSR count). The highest BCUT2D eigenvalue weighted by molar-refractivity contribution is 7.14. The van der Waals surface area contributed by atoms with E-state index in [0.717, 1.165) is 23.4 Å². The maximum absolute atomic E-state index is 11.7. The van der Waals surface area contributed by atoms with Gasteiger partial charge in [-0.15, -0.1) is 11.3 Å². The summed E-state index contributed by atoms with van der Waals surface area (Å²) in [4.78, 5) is 27.5. The summed E-state index contributed by atoms with van der Waals surface area (Å²) in [7, 11) is 0. The summed E-state index contributed by atoms with van der Waals surface area (Å²) in [5.74, 6) is -0.702. The molecule has 1 amide bonds. The predicted molar refractivity (Wildman–Crippen MR) is 88.0 cm³/mol. The molecule has 0 spiro atoms. The van der Waals surface area contributed by atoms with Crippen molar-refractivity contribution in [3.05, 3.63) is 27.9 Å². The summed E-state index contributed by atoms with van der Waals surface area (Å²) in [6.07, 6.45) is 2.02. The number of carbonyl (C=O) groups excluding carboxylic acids is 2. The van der Waals surface area contributed by atoms with Crippen LogP contribution in [0.1, 0.15) is 25.5 Å². The number of aromatic nitrogens is 1.